The minimum absolute atomic E-state index is 0.0482. The van der Waals surface area contributed by atoms with Crippen molar-refractivity contribution in [2.24, 2.45) is 0 Å². The van der Waals surface area contributed by atoms with E-state index in [9.17, 15) is 13.2 Å². The molecule has 1 aliphatic rings. The maximum Gasteiger partial charge on any atom is 0.235 e. The van der Waals surface area contributed by atoms with Gasteiger partial charge in [0, 0.05) is 46.4 Å². The second kappa shape index (κ2) is 9.58. The zero-order valence-corrected chi connectivity index (χ0v) is 22.5. The van der Waals surface area contributed by atoms with Crippen molar-refractivity contribution in [2.75, 3.05) is 16.9 Å². The molecule has 0 spiro atoms. The Bertz CT molecular complexity index is 1760. The molecule has 1 aliphatic heterocycles. The van der Waals surface area contributed by atoms with E-state index in [0.29, 0.717) is 11.5 Å². The number of sulfone groups is 1. The molecule has 0 bridgehead atoms. The maximum absolute atomic E-state index is 12.7. The highest BCUT2D eigenvalue weighted by Gasteiger charge is 2.43. The van der Waals surface area contributed by atoms with Crippen LogP contribution in [0.1, 0.15) is 49.1 Å². The van der Waals surface area contributed by atoms with E-state index in [0.717, 1.165) is 51.7 Å². The van der Waals surface area contributed by atoms with Gasteiger partial charge in [-0.3, -0.25) is 4.79 Å². The molecule has 2 N–H and O–H groups in total. The predicted molar refractivity (Wildman–Crippen MR) is 150 cm³/mol. The zero-order chi connectivity index (χ0) is 27.1. The van der Waals surface area contributed by atoms with E-state index in [2.05, 4.69) is 32.4 Å². The summed E-state index contributed by atoms with van der Waals surface area (Å²) in [4.78, 5) is 22.0. The summed E-state index contributed by atoms with van der Waals surface area (Å²) in [5, 5.41) is 8.05. The van der Waals surface area contributed by atoms with Gasteiger partial charge in [-0.05, 0) is 79.3 Å². The van der Waals surface area contributed by atoms with Crippen molar-refractivity contribution >= 4 is 43.7 Å². The number of pyridine rings is 2. The highest BCUT2D eigenvalue weighted by atomic mass is 32.2. The van der Waals surface area contributed by atoms with Crippen molar-refractivity contribution in [1.82, 2.24) is 9.97 Å². The standard InChI is InChI=1S/C30H28N4O3S/c1-5-30(6-2)24-10-7-20(16-27(24)34-29(30)35)8-11-26-23-17-28(32-18-21(23)13-14-31-26)33-25-12-9-22(15-19(25)3)38(4,36)37/h7,9-10,12-18H,5-6H2,1-4H3,(H,32,33)(H,34,35). The largest absolute Gasteiger partial charge is 0.340 e. The second-order valence-corrected chi connectivity index (χ2v) is 11.6. The summed E-state index contributed by atoms with van der Waals surface area (Å²) in [6.45, 7) is 5.94. The number of carbonyl (C=O) groups is 1. The van der Waals surface area contributed by atoms with Gasteiger partial charge in [-0.2, -0.15) is 0 Å². The molecular weight excluding hydrogens is 496 g/mol. The van der Waals surface area contributed by atoms with Crippen LogP contribution >= 0.6 is 0 Å². The van der Waals surface area contributed by atoms with E-state index in [1.54, 1.807) is 30.6 Å². The third-order valence-electron chi connectivity index (χ3n) is 7.29. The monoisotopic (exact) mass is 524 g/mol. The van der Waals surface area contributed by atoms with Crippen LogP contribution in [0.2, 0.25) is 0 Å². The Hall–Kier alpha value is -4.22. The summed E-state index contributed by atoms with van der Waals surface area (Å²) in [6.07, 6.45) is 6.15. The Kier molecular flexibility index (Phi) is 6.41. The summed E-state index contributed by atoms with van der Waals surface area (Å²) in [6, 6.07) is 14.6. The van der Waals surface area contributed by atoms with Crippen LogP contribution in [0.25, 0.3) is 10.8 Å². The van der Waals surface area contributed by atoms with Crippen LogP contribution in [0.15, 0.2) is 65.8 Å². The van der Waals surface area contributed by atoms with Crippen LogP contribution in [0.5, 0.6) is 0 Å². The smallest absolute Gasteiger partial charge is 0.235 e. The number of hydrogen-bond donors (Lipinski definition) is 2. The first-order valence-corrected chi connectivity index (χ1v) is 14.3. The number of aryl methyl sites for hydroxylation is 1. The highest BCUT2D eigenvalue weighted by molar-refractivity contribution is 7.90. The number of hydrogen-bond acceptors (Lipinski definition) is 6. The highest BCUT2D eigenvalue weighted by Crippen LogP contribution is 2.42. The Morgan fingerprint density at radius 1 is 1.00 bits per heavy atom. The second-order valence-electron chi connectivity index (χ2n) is 9.58. The van der Waals surface area contributed by atoms with Gasteiger partial charge in [0.1, 0.15) is 11.5 Å². The fraction of sp³-hybridized carbons (Fsp3) is 0.233. The Morgan fingerprint density at radius 3 is 2.50 bits per heavy atom. The Labute approximate surface area is 222 Å². The molecule has 3 heterocycles. The van der Waals surface area contributed by atoms with Crippen LogP contribution in [-0.4, -0.2) is 30.5 Å². The molecular formula is C30H28N4O3S. The maximum atomic E-state index is 12.7. The zero-order valence-electron chi connectivity index (χ0n) is 21.7. The lowest BCUT2D eigenvalue weighted by Gasteiger charge is -2.23. The third kappa shape index (κ3) is 4.50. The number of amides is 1. The molecule has 0 fully saturated rings. The van der Waals surface area contributed by atoms with Gasteiger partial charge in [0.2, 0.25) is 5.91 Å². The molecule has 4 aromatic rings. The van der Waals surface area contributed by atoms with Gasteiger partial charge < -0.3 is 10.6 Å². The normalized spacial score (nSPS) is 13.9. The molecule has 0 saturated carbocycles. The molecule has 1 amide bonds. The topological polar surface area (TPSA) is 101 Å². The number of nitrogens with one attached hydrogen (secondary N) is 2. The van der Waals surface area contributed by atoms with E-state index in [1.165, 1.54) is 6.26 Å². The first-order chi connectivity index (χ1) is 18.1. The van der Waals surface area contributed by atoms with Gasteiger partial charge in [0.05, 0.1) is 10.3 Å². The number of benzene rings is 2. The van der Waals surface area contributed by atoms with Crippen molar-refractivity contribution in [2.45, 2.75) is 43.9 Å². The summed E-state index contributed by atoms with van der Waals surface area (Å²) in [5.74, 6) is 7.03. The van der Waals surface area contributed by atoms with Crippen molar-refractivity contribution in [3.63, 3.8) is 0 Å². The van der Waals surface area contributed by atoms with Crippen LogP contribution in [-0.2, 0) is 20.0 Å². The fourth-order valence-electron chi connectivity index (χ4n) is 4.97. The molecule has 0 saturated heterocycles. The summed E-state index contributed by atoms with van der Waals surface area (Å²) in [5.41, 5.74) is 4.33. The van der Waals surface area contributed by atoms with Gasteiger partial charge in [-0.1, -0.05) is 25.8 Å². The van der Waals surface area contributed by atoms with Crippen LogP contribution in [0.4, 0.5) is 17.2 Å². The van der Waals surface area contributed by atoms with Crippen molar-refractivity contribution in [1.29, 1.82) is 0 Å². The number of fused-ring (bicyclic) bond motifs is 2. The summed E-state index contributed by atoms with van der Waals surface area (Å²) in [7, 11) is -3.28. The number of rotatable bonds is 5. The van der Waals surface area contributed by atoms with Gasteiger partial charge in [-0.15, -0.1) is 0 Å². The van der Waals surface area contributed by atoms with Gasteiger partial charge >= 0.3 is 0 Å². The van der Waals surface area contributed by atoms with Crippen molar-refractivity contribution in [3.8, 4) is 11.8 Å². The number of anilines is 3. The van der Waals surface area contributed by atoms with Crippen molar-refractivity contribution < 1.29 is 13.2 Å². The molecule has 192 valence electrons. The summed E-state index contributed by atoms with van der Waals surface area (Å²) < 4.78 is 23.7. The van der Waals surface area contributed by atoms with E-state index < -0.39 is 15.3 Å². The molecule has 2 aromatic carbocycles. The first-order valence-electron chi connectivity index (χ1n) is 12.4. The van der Waals surface area contributed by atoms with Crippen molar-refractivity contribution in [3.05, 3.63) is 83.3 Å². The minimum atomic E-state index is -3.28. The molecule has 0 radical (unpaired) electrons. The van der Waals surface area contributed by atoms with Crippen LogP contribution < -0.4 is 10.6 Å². The van der Waals surface area contributed by atoms with Crippen LogP contribution in [0.3, 0.4) is 0 Å². The Balaban J connectivity index is 1.46. The fourth-order valence-corrected chi connectivity index (χ4v) is 5.67. The molecule has 0 aliphatic carbocycles. The van der Waals surface area contributed by atoms with Gasteiger partial charge in [0.25, 0.3) is 0 Å². The first kappa shape index (κ1) is 25.4. The number of carbonyl (C=O) groups excluding carboxylic acids is 1. The molecule has 8 heteroatoms. The SMILES string of the molecule is CCC1(CC)C(=O)Nc2cc(C#Cc3nccc4cnc(Nc5ccc(S(C)(=O)=O)cc5C)cc34)ccc21. The third-order valence-corrected chi connectivity index (χ3v) is 8.40. The van der Waals surface area contributed by atoms with Crippen LogP contribution in [0, 0.1) is 18.8 Å². The molecule has 5 rings (SSSR count). The van der Waals surface area contributed by atoms with E-state index in [1.807, 2.05) is 51.1 Å². The van der Waals surface area contributed by atoms with E-state index >= 15 is 0 Å². The lowest BCUT2D eigenvalue weighted by molar-refractivity contribution is -0.121. The number of nitrogens with zero attached hydrogens (tertiary/aromatic N) is 2. The molecule has 0 unspecified atom stereocenters. The van der Waals surface area contributed by atoms with Gasteiger partial charge in [-0.25, -0.2) is 18.4 Å². The average Bonchev–Trinajstić information content (AvgIpc) is 3.18. The lowest BCUT2D eigenvalue weighted by Crippen LogP contribution is -2.32. The van der Waals surface area contributed by atoms with Gasteiger partial charge in [0.15, 0.2) is 9.84 Å². The summed E-state index contributed by atoms with van der Waals surface area (Å²) >= 11 is 0. The Morgan fingerprint density at radius 2 is 1.79 bits per heavy atom. The lowest BCUT2D eigenvalue weighted by atomic mass is 9.77. The van der Waals surface area contributed by atoms with E-state index in [-0.39, 0.29) is 10.8 Å². The molecule has 2 aromatic heterocycles. The molecule has 7 nitrogen and oxygen atoms in total. The minimum Gasteiger partial charge on any atom is -0.340 e. The molecule has 0 atom stereocenters. The average molecular weight is 525 g/mol. The molecule has 38 heavy (non-hydrogen) atoms. The number of aromatic nitrogens is 2. The van der Waals surface area contributed by atoms with E-state index in [4.69, 9.17) is 0 Å². The predicted octanol–water partition coefficient (Wildman–Crippen LogP) is 5.50. The quantitative estimate of drug-likeness (QED) is 0.335.